The summed E-state index contributed by atoms with van der Waals surface area (Å²) in [4.78, 5) is 0. The van der Waals surface area contributed by atoms with Crippen LogP contribution in [-0.2, 0) is 4.57 Å². The van der Waals surface area contributed by atoms with E-state index in [9.17, 15) is 0 Å². The summed E-state index contributed by atoms with van der Waals surface area (Å²) in [5.74, 6) is 2.63. The van der Waals surface area contributed by atoms with Crippen LogP contribution >= 0.6 is 0 Å². The molecule has 3 heterocycles. The Kier molecular flexibility index (Phi) is 3.55. The second-order valence-electron chi connectivity index (χ2n) is 7.20. The van der Waals surface area contributed by atoms with Crippen LogP contribution in [0.5, 0.6) is 0 Å². The molecule has 0 aromatic carbocycles. The molecule has 0 aromatic rings. The van der Waals surface area contributed by atoms with Gasteiger partial charge in [-0.05, 0) is 22.9 Å². The van der Waals surface area contributed by atoms with Crippen molar-refractivity contribution in [1.82, 2.24) is 0 Å². The Bertz CT molecular complexity index is 299. The van der Waals surface area contributed by atoms with Crippen LogP contribution in [0, 0.1) is 5.92 Å². The fourth-order valence-electron chi connectivity index (χ4n) is 5.75. The minimum absolute atomic E-state index is 0.493. The van der Waals surface area contributed by atoms with Crippen molar-refractivity contribution in [3.8, 4) is 0 Å². The first-order valence-electron chi connectivity index (χ1n) is 8.37. The van der Waals surface area contributed by atoms with Gasteiger partial charge in [0.15, 0.2) is 0 Å². The van der Waals surface area contributed by atoms with E-state index in [1.54, 1.807) is 0 Å². The molecule has 0 saturated carbocycles. The van der Waals surface area contributed by atoms with Gasteiger partial charge < -0.3 is 4.57 Å². The van der Waals surface area contributed by atoms with Crippen molar-refractivity contribution in [2.24, 2.45) is 5.92 Å². The van der Waals surface area contributed by atoms with Crippen molar-refractivity contribution in [2.75, 3.05) is 0 Å². The number of hydrogen-bond donors (Lipinski definition) is 0. The summed E-state index contributed by atoms with van der Waals surface area (Å²) in [6, 6.07) is 0. The lowest BCUT2D eigenvalue weighted by molar-refractivity contribution is 0.302. The maximum Gasteiger partial charge on any atom is 0.285 e. The molecule has 0 aliphatic carbocycles. The summed E-state index contributed by atoms with van der Waals surface area (Å²) in [6.07, 6.45) is 11.3. The normalized spacial score (nSPS) is 43.8. The summed E-state index contributed by atoms with van der Waals surface area (Å²) < 4.78 is 6.61. The van der Waals surface area contributed by atoms with Gasteiger partial charge >= 0.3 is 0 Å². The maximum absolute atomic E-state index is 6.61. The van der Waals surface area contributed by atoms with Crippen LogP contribution in [0.2, 0.25) is 23.3 Å². The van der Waals surface area contributed by atoms with Crippen molar-refractivity contribution in [2.45, 2.75) is 89.0 Å². The standard InChI is InChI=1S/C15H28B2O/c1-4-14-15(3)12-8-6-10-13(11-7-9-12)17(15)18-16(14)5-2/h12-14H,4-11H2,1-3H3. The van der Waals surface area contributed by atoms with Crippen LogP contribution in [-0.4, -0.2) is 13.8 Å². The van der Waals surface area contributed by atoms with Crippen molar-refractivity contribution < 1.29 is 4.57 Å². The van der Waals surface area contributed by atoms with Gasteiger partial charge in [0.1, 0.15) is 0 Å². The molecule has 3 aliphatic heterocycles. The first-order valence-corrected chi connectivity index (χ1v) is 8.37. The van der Waals surface area contributed by atoms with Gasteiger partial charge in [0.05, 0.1) is 0 Å². The van der Waals surface area contributed by atoms with E-state index in [0.717, 1.165) is 17.6 Å². The van der Waals surface area contributed by atoms with Crippen molar-refractivity contribution >= 4 is 13.8 Å². The van der Waals surface area contributed by atoms with Crippen LogP contribution in [0.15, 0.2) is 0 Å². The average molecular weight is 246 g/mol. The molecule has 2 bridgehead atoms. The van der Waals surface area contributed by atoms with Gasteiger partial charge in [0, 0.05) is 0 Å². The molecule has 3 heteroatoms. The second kappa shape index (κ2) is 4.89. The van der Waals surface area contributed by atoms with E-state index in [4.69, 9.17) is 4.57 Å². The molecule has 1 nitrogen and oxygen atoms in total. The lowest BCUT2D eigenvalue weighted by atomic mass is 9.32. The fourth-order valence-corrected chi connectivity index (χ4v) is 5.75. The number of rotatable bonds is 2. The highest BCUT2D eigenvalue weighted by molar-refractivity contribution is 6.76. The summed E-state index contributed by atoms with van der Waals surface area (Å²) in [6.45, 7) is 8.43. The molecule has 3 fully saturated rings. The molecule has 0 radical (unpaired) electrons. The molecule has 3 saturated heterocycles. The highest BCUT2D eigenvalue weighted by Crippen LogP contribution is 2.66. The van der Waals surface area contributed by atoms with E-state index in [2.05, 4.69) is 20.8 Å². The topological polar surface area (TPSA) is 9.23 Å². The maximum atomic E-state index is 6.61. The van der Waals surface area contributed by atoms with Crippen molar-refractivity contribution in [3.05, 3.63) is 0 Å². The quantitative estimate of drug-likeness (QED) is 0.628. The molecule has 3 rings (SSSR count). The second-order valence-corrected chi connectivity index (χ2v) is 7.20. The Morgan fingerprint density at radius 2 is 1.78 bits per heavy atom. The summed E-state index contributed by atoms with van der Waals surface area (Å²) in [5.41, 5.74) is 0. The third kappa shape index (κ3) is 1.72. The first-order chi connectivity index (χ1) is 8.71. The average Bonchev–Trinajstić information content (AvgIpc) is 2.47. The molecule has 0 amide bonds. The highest BCUT2D eigenvalue weighted by Gasteiger charge is 2.62. The molecule has 0 N–H and O–H groups in total. The molecule has 100 valence electrons. The molecule has 2 atom stereocenters. The zero-order valence-corrected chi connectivity index (χ0v) is 12.5. The molecule has 18 heavy (non-hydrogen) atoms. The van der Waals surface area contributed by atoms with Crippen LogP contribution in [0.4, 0.5) is 0 Å². The molecule has 2 unspecified atom stereocenters. The Labute approximate surface area is 114 Å². The molecule has 0 spiro atoms. The van der Waals surface area contributed by atoms with Gasteiger partial charge in [-0.2, -0.15) is 0 Å². The largest absolute Gasteiger partial charge is 0.498 e. The monoisotopic (exact) mass is 246 g/mol. The molecular formula is C15H28B2O. The summed E-state index contributed by atoms with van der Waals surface area (Å²) in [7, 11) is 0. The van der Waals surface area contributed by atoms with Gasteiger partial charge in [0.2, 0.25) is 0 Å². The Morgan fingerprint density at radius 3 is 2.33 bits per heavy atom. The fraction of sp³-hybridized carbons (Fsp3) is 1.00. The van der Waals surface area contributed by atoms with Gasteiger partial charge in [-0.3, -0.25) is 0 Å². The van der Waals surface area contributed by atoms with E-state index in [0.29, 0.717) is 19.1 Å². The lowest BCUT2D eigenvalue weighted by Gasteiger charge is -2.40. The zero-order chi connectivity index (χ0) is 12.8. The minimum atomic E-state index is 0.493. The molecular weight excluding hydrogens is 218 g/mol. The SMILES string of the molecule is CCB1OB2C3CCCC(CCC3)C2(C)C1CC. The smallest absolute Gasteiger partial charge is 0.285 e. The van der Waals surface area contributed by atoms with E-state index in [-0.39, 0.29) is 0 Å². The van der Waals surface area contributed by atoms with Crippen molar-refractivity contribution in [3.63, 3.8) is 0 Å². The van der Waals surface area contributed by atoms with Crippen LogP contribution in [0.3, 0.4) is 0 Å². The Balaban J connectivity index is 1.99. The number of hydrogen-bond acceptors (Lipinski definition) is 1. The minimum Gasteiger partial charge on any atom is -0.498 e. The Hall–Kier alpha value is 0.0899. The van der Waals surface area contributed by atoms with Gasteiger partial charge in [-0.25, -0.2) is 0 Å². The van der Waals surface area contributed by atoms with Gasteiger partial charge in [0.25, 0.3) is 13.8 Å². The van der Waals surface area contributed by atoms with E-state index in [1.807, 2.05) is 0 Å². The van der Waals surface area contributed by atoms with Gasteiger partial charge in [-0.1, -0.05) is 72.0 Å². The van der Waals surface area contributed by atoms with Crippen molar-refractivity contribution in [1.29, 1.82) is 0 Å². The molecule has 0 aromatic heterocycles. The van der Waals surface area contributed by atoms with Gasteiger partial charge in [-0.15, -0.1) is 0 Å². The van der Waals surface area contributed by atoms with Crippen LogP contribution in [0.1, 0.15) is 65.7 Å². The van der Waals surface area contributed by atoms with Crippen LogP contribution in [0.25, 0.3) is 0 Å². The summed E-state index contributed by atoms with van der Waals surface area (Å²) in [5, 5.41) is 0.493. The highest BCUT2D eigenvalue weighted by atomic mass is 16.4. The van der Waals surface area contributed by atoms with E-state index in [1.165, 1.54) is 51.3 Å². The predicted molar refractivity (Wildman–Crippen MR) is 80.4 cm³/mol. The zero-order valence-electron chi connectivity index (χ0n) is 12.5. The van der Waals surface area contributed by atoms with E-state index < -0.39 is 0 Å². The third-order valence-electron chi connectivity index (χ3n) is 6.59. The lowest BCUT2D eigenvalue weighted by Crippen LogP contribution is -2.35. The van der Waals surface area contributed by atoms with Crippen LogP contribution < -0.4 is 0 Å². The first kappa shape index (κ1) is 13.1. The summed E-state index contributed by atoms with van der Waals surface area (Å²) >= 11 is 0. The Morgan fingerprint density at radius 1 is 1.11 bits per heavy atom. The third-order valence-corrected chi connectivity index (χ3v) is 6.59. The van der Waals surface area contributed by atoms with E-state index >= 15 is 0 Å². The predicted octanol–water partition coefficient (Wildman–Crippen LogP) is 4.91. The molecule has 3 aliphatic rings.